The van der Waals surface area contributed by atoms with Crippen LogP contribution in [0.25, 0.3) is 12.2 Å². The van der Waals surface area contributed by atoms with E-state index in [1.807, 2.05) is 0 Å². The number of aromatic nitrogens is 6. The van der Waals surface area contributed by atoms with Crippen LogP contribution >= 0.6 is 0 Å². The number of nitrogens with zero attached hydrogens (tertiary/aromatic N) is 8. The van der Waals surface area contributed by atoms with E-state index in [2.05, 4.69) is 61.8 Å². The van der Waals surface area contributed by atoms with Gasteiger partial charge in [-0.1, -0.05) is 24.3 Å². The van der Waals surface area contributed by atoms with E-state index in [-0.39, 0.29) is 180 Å². The second kappa shape index (κ2) is 36.0. The Bertz CT molecular complexity index is 3300. The molecular weight excluding hydrogens is 1210 g/mol. The van der Waals surface area contributed by atoms with E-state index in [9.17, 15) is 62.1 Å². The maximum atomic E-state index is 12.7. The van der Waals surface area contributed by atoms with Crippen LogP contribution in [0, 0.1) is 0 Å². The summed E-state index contributed by atoms with van der Waals surface area (Å²) in [6.07, 6.45) is 2.33. The van der Waals surface area contributed by atoms with E-state index in [1.54, 1.807) is 14.1 Å². The summed E-state index contributed by atoms with van der Waals surface area (Å²) in [6, 6.07) is 17.2. The molecule has 6 aromatic rings. The maximum absolute atomic E-state index is 12.7. The molecule has 0 spiro atoms. The third-order valence-corrected chi connectivity index (χ3v) is 13.9. The van der Waals surface area contributed by atoms with Crippen molar-refractivity contribution in [1.82, 2.24) is 40.5 Å². The first-order valence-electron chi connectivity index (χ1n) is 23.9. The molecule has 0 amide bonds. The number of nitrogens with one attached hydrogen (secondary N) is 6. The summed E-state index contributed by atoms with van der Waals surface area (Å²) < 4.78 is 136. The van der Waals surface area contributed by atoms with Gasteiger partial charge >= 0.3 is 59.1 Å². The fraction of sp³-hybridized carbons (Fsp3) is 0.304. The van der Waals surface area contributed by atoms with Crippen LogP contribution in [0.4, 0.5) is 58.4 Å². The minimum Gasteiger partial charge on any atom is -0.395 e. The molecule has 0 fully saturated rings. The van der Waals surface area contributed by atoms with Gasteiger partial charge in [-0.2, -0.15) is 63.6 Å². The summed E-state index contributed by atoms with van der Waals surface area (Å²) in [5, 5.41) is 68.5. The Labute approximate surface area is 528 Å². The summed E-state index contributed by atoms with van der Waals surface area (Å²) in [6.45, 7) is 2.45. The van der Waals surface area contributed by atoms with Gasteiger partial charge in [0.1, 0.15) is 9.79 Å². The largest absolute Gasteiger partial charge is 1.00 e. The van der Waals surface area contributed by atoms with Crippen LogP contribution in [0.2, 0.25) is 0 Å². The summed E-state index contributed by atoms with van der Waals surface area (Å²) in [5.41, 5.74) is 0.404. The van der Waals surface area contributed by atoms with Crippen LogP contribution in [0.3, 0.4) is 0 Å². The van der Waals surface area contributed by atoms with Crippen molar-refractivity contribution in [3.63, 3.8) is 0 Å². The predicted octanol–water partition coefficient (Wildman–Crippen LogP) is -5.83. The molecule has 2 aromatic heterocycles. The number of likely N-dealkylation sites (N-methyl/N-ethyl adjacent to an activating group) is 2. The van der Waals surface area contributed by atoms with Crippen LogP contribution in [0.1, 0.15) is 11.1 Å². The summed E-state index contributed by atoms with van der Waals surface area (Å²) in [7, 11) is -15.8. The van der Waals surface area contributed by atoms with Crippen LogP contribution in [0.15, 0.2) is 105 Å². The zero-order chi connectivity index (χ0) is 60.7. The van der Waals surface area contributed by atoms with Gasteiger partial charge in [-0.05, 0) is 83.9 Å². The number of rotatable bonds is 28. The Morgan fingerprint density at radius 1 is 0.393 bits per heavy atom. The van der Waals surface area contributed by atoms with Crippen molar-refractivity contribution in [2.45, 2.75) is 19.6 Å². The number of hydrogen-bond acceptors (Lipinski definition) is 28. The Morgan fingerprint density at radius 2 is 0.667 bits per heavy atom. The molecule has 0 bridgehead atoms. The Balaban J connectivity index is 0.00000134. The van der Waals surface area contributed by atoms with E-state index in [1.165, 1.54) is 70.5 Å². The Hall–Kier alpha value is -5.24. The molecule has 32 nitrogen and oxygen atoms in total. The van der Waals surface area contributed by atoms with E-state index >= 15 is 0 Å². The van der Waals surface area contributed by atoms with E-state index in [4.69, 9.17) is 20.4 Å². The van der Waals surface area contributed by atoms with Gasteiger partial charge in [0.15, 0.2) is 0 Å². The van der Waals surface area contributed by atoms with Gasteiger partial charge in [0.25, 0.3) is 40.5 Å². The summed E-state index contributed by atoms with van der Waals surface area (Å²) in [4.78, 5) is 26.7. The quantitative estimate of drug-likeness (QED) is 0.00941. The molecule has 6 rings (SSSR count). The van der Waals surface area contributed by atoms with Crippen molar-refractivity contribution in [2.24, 2.45) is 0 Å². The van der Waals surface area contributed by atoms with E-state index in [0.29, 0.717) is 37.6 Å². The minimum absolute atomic E-state index is 0. The van der Waals surface area contributed by atoms with Gasteiger partial charge in [-0.15, -0.1) is 0 Å². The van der Waals surface area contributed by atoms with Crippen LogP contribution in [-0.4, -0.2) is 205 Å². The van der Waals surface area contributed by atoms with Crippen molar-refractivity contribution < 1.29 is 142 Å². The number of benzene rings is 4. The first kappa shape index (κ1) is 74.9. The average molecular weight is 1270 g/mol. The Morgan fingerprint density at radius 3 is 0.917 bits per heavy atom. The van der Waals surface area contributed by atoms with Crippen molar-refractivity contribution in [2.75, 3.05) is 124 Å². The number of aliphatic hydroxyl groups is 6. The fourth-order valence-corrected chi connectivity index (χ4v) is 8.80. The number of hydrogen-bond donors (Lipinski definition) is 16. The molecule has 4 aromatic carbocycles. The van der Waals surface area contributed by atoms with Gasteiger partial charge in [0.05, 0.1) is 49.4 Å². The van der Waals surface area contributed by atoms with Crippen molar-refractivity contribution in [3.05, 3.63) is 96.1 Å². The first-order chi connectivity index (χ1) is 38.7. The van der Waals surface area contributed by atoms with Gasteiger partial charge in [-0.25, -0.2) is 0 Å². The smallest absolute Gasteiger partial charge is 0.395 e. The molecular formula is C46H62N14Na2O18S4+2. The second-order valence-electron chi connectivity index (χ2n) is 16.5. The normalized spacial score (nSPS) is 11.4. The van der Waals surface area contributed by atoms with Crippen LogP contribution in [0.5, 0.6) is 0 Å². The van der Waals surface area contributed by atoms with Crippen LogP contribution in [-0.2, 0) is 40.5 Å². The molecule has 0 saturated heterocycles. The monoisotopic (exact) mass is 1270 g/mol. The molecule has 0 unspecified atom stereocenters. The third-order valence-electron chi connectivity index (χ3n) is 10.3. The summed E-state index contributed by atoms with van der Waals surface area (Å²) in [5.74, 6) is -0.399. The van der Waals surface area contributed by atoms with Gasteiger partial charge in [0.2, 0.25) is 35.7 Å². The zero-order valence-electron chi connectivity index (χ0n) is 45.7. The molecule has 0 atom stereocenters. The minimum atomic E-state index is -4.98. The van der Waals surface area contributed by atoms with Crippen LogP contribution < -0.4 is 101 Å². The SMILES string of the molecule is CN(CCO)c1nc(Nc2ccc(S(=O)(=O)O)cc2)nc(Nc2ccc(/C=C/c3ccc(Nc4nc(Nc5ccc(S(=O)(=O)O)cc5)nc(N(C)CCO)n4)cc3S(=O)(=O)O)c(S(=O)(=O)O)c2)n1.OCCNCCO.OCCNCCO.[Na+].[Na+]. The third kappa shape index (κ3) is 25.4. The molecule has 0 aliphatic heterocycles. The topological polar surface area (TPSA) is 495 Å². The molecule has 2 heterocycles. The predicted molar refractivity (Wildman–Crippen MR) is 302 cm³/mol. The van der Waals surface area contributed by atoms with E-state index in [0.717, 1.165) is 36.4 Å². The molecule has 0 aliphatic rings. The molecule has 448 valence electrons. The fourth-order valence-electron chi connectivity index (χ4n) is 6.42. The van der Waals surface area contributed by atoms with Crippen molar-refractivity contribution >= 4 is 111 Å². The van der Waals surface area contributed by atoms with Gasteiger partial charge < -0.3 is 72.3 Å². The molecule has 0 radical (unpaired) electrons. The number of anilines is 10. The summed E-state index contributed by atoms with van der Waals surface area (Å²) >= 11 is 0. The van der Waals surface area contributed by atoms with Crippen molar-refractivity contribution in [3.8, 4) is 0 Å². The molecule has 16 N–H and O–H groups in total. The second-order valence-corrected chi connectivity index (χ2v) is 22.2. The Kier molecular flexibility index (Phi) is 32.1. The molecule has 84 heavy (non-hydrogen) atoms. The van der Waals surface area contributed by atoms with Gasteiger partial charge in [-0.3, -0.25) is 18.2 Å². The van der Waals surface area contributed by atoms with E-state index < -0.39 is 50.3 Å². The molecule has 0 aliphatic carbocycles. The van der Waals surface area contributed by atoms with Crippen molar-refractivity contribution in [1.29, 1.82) is 0 Å². The molecule has 0 saturated carbocycles. The molecule has 38 heteroatoms. The maximum Gasteiger partial charge on any atom is 1.00 e. The average Bonchev–Trinajstić information content (AvgIpc) is 2.77. The number of aliphatic hydroxyl groups excluding tert-OH is 6. The van der Waals surface area contributed by atoms with Gasteiger partial charge in [0, 0.05) is 76.1 Å². The zero-order valence-corrected chi connectivity index (χ0v) is 52.9. The standard InChI is InChI=1S/C38H40N12O14S4.2C4H11NO2.2Na/c1-49(17-19-51)37-45-33(39-25-9-13-29(14-10-25)65(53,54)55)43-35(47-37)41-27-7-5-23(31(21-27)67(59,60)61)3-4-24-6-8-28(22-32(24)68(62,63)64)42-36-44-34(46-38(48-36)50(2)18-20-52)40-26-11-15-30(16-12-26)66(56,57)58;2*6-3-1-5-2-4-7;;/h3-16,21-22,51-52H,17-20H2,1-2H3,(H,53,54,55)(H,56,57,58)(H,59,60,61)(H,62,63,64)(H2,39,41,43,45,47)(H2,40,42,44,46,48);2*5-7H,1-4H2;;/q;;;2*+1/b4-3+;;;;. The first-order valence-corrected chi connectivity index (χ1v) is 29.6.